The second kappa shape index (κ2) is 6.16. The molecule has 1 N–H and O–H groups in total. The lowest BCUT2D eigenvalue weighted by Crippen LogP contribution is -2.47. The Balaban J connectivity index is 1.49. The van der Waals surface area contributed by atoms with Crippen molar-refractivity contribution in [1.29, 1.82) is 0 Å². The molecule has 2 heterocycles. The number of fused-ring (bicyclic) bond motifs is 5. The van der Waals surface area contributed by atoms with E-state index in [1.165, 1.54) is 18.9 Å². The fourth-order valence-electron chi connectivity index (χ4n) is 6.88. The largest absolute Gasteiger partial charge is 0.392 e. The number of halogens is 1. The number of hydrogen-bond acceptors (Lipinski definition) is 2. The SMILES string of the molecule is CC1CC2CC(C)CC(C(O)CC3c4c(F)cccc4-c4cncn43)(C1)C2. The van der Waals surface area contributed by atoms with E-state index in [-0.39, 0.29) is 17.3 Å². The number of benzene rings is 1. The van der Waals surface area contributed by atoms with Gasteiger partial charge in [-0.15, -0.1) is 0 Å². The van der Waals surface area contributed by atoms with Crippen molar-refractivity contribution in [3.8, 4) is 11.3 Å². The summed E-state index contributed by atoms with van der Waals surface area (Å²) in [5.41, 5.74) is 2.61. The Labute approximate surface area is 160 Å². The Kier molecular flexibility index (Phi) is 3.98. The van der Waals surface area contributed by atoms with Gasteiger partial charge < -0.3 is 9.67 Å². The third-order valence-electron chi connectivity index (χ3n) is 7.49. The number of hydrogen-bond donors (Lipinski definition) is 1. The molecule has 4 unspecified atom stereocenters. The Morgan fingerprint density at radius 3 is 2.70 bits per heavy atom. The highest BCUT2D eigenvalue weighted by atomic mass is 19.1. The number of rotatable bonds is 3. The molecule has 1 aromatic carbocycles. The topological polar surface area (TPSA) is 38.1 Å². The van der Waals surface area contributed by atoms with Crippen LogP contribution in [0.3, 0.4) is 0 Å². The van der Waals surface area contributed by atoms with E-state index in [4.69, 9.17) is 0 Å². The molecule has 0 radical (unpaired) electrons. The second-order valence-corrected chi connectivity index (χ2v) is 9.68. The fraction of sp³-hybridized carbons (Fsp3) is 0.609. The van der Waals surface area contributed by atoms with Gasteiger partial charge >= 0.3 is 0 Å². The summed E-state index contributed by atoms with van der Waals surface area (Å²) in [6.07, 6.45) is 9.70. The summed E-state index contributed by atoms with van der Waals surface area (Å²) >= 11 is 0. The first kappa shape index (κ1) is 17.4. The van der Waals surface area contributed by atoms with Crippen LogP contribution in [0.4, 0.5) is 4.39 Å². The van der Waals surface area contributed by atoms with Gasteiger partial charge in [-0.05, 0) is 67.8 Å². The van der Waals surface area contributed by atoms with Gasteiger partial charge in [0.2, 0.25) is 0 Å². The van der Waals surface area contributed by atoms with Gasteiger partial charge in [0.15, 0.2) is 0 Å². The zero-order valence-corrected chi connectivity index (χ0v) is 16.2. The Hall–Kier alpha value is -1.68. The molecular weight excluding hydrogens is 339 g/mol. The standard InChI is InChI=1S/C23H29FN2O/c1-14-6-16-7-15(2)10-23(9-14,11-16)21(27)8-19-22-17(4-3-5-18(22)24)20-12-25-13-26(19)20/h3-5,12-16,19,21,27H,6-11H2,1-2H3. The average Bonchev–Trinajstić information content (AvgIpc) is 3.17. The minimum Gasteiger partial charge on any atom is -0.392 e. The summed E-state index contributed by atoms with van der Waals surface area (Å²) in [7, 11) is 0. The van der Waals surface area contributed by atoms with E-state index in [0.29, 0.717) is 18.3 Å². The number of aliphatic hydroxyl groups is 1. The van der Waals surface area contributed by atoms with Crippen molar-refractivity contribution >= 4 is 0 Å². The first-order chi connectivity index (χ1) is 13.0. The lowest BCUT2D eigenvalue weighted by Gasteiger charge is -2.52. The molecule has 0 amide bonds. The normalized spacial score (nSPS) is 35.6. The molecule has 4 heteroatoms. The van der Waals surface area contributed by atoms with E-state index in [9.17, 15) is 9.50 Å². The van der Waals surface area contributed by atoms with Crippen LogP contribution in [0.15, 0.2) is 30.7 Å². The van der Waals surface area contributed by atoms with Crippen molar-refractivity contribution in [3.63, 3.8) is 0 Å². The summed E-state index contributed by atoms with van der Waals surface area (Å²) in [5, 5.41) is 11.5. The predicted molar refractivity (Wildman–Crippen MR) is 104 cm³/mol. The van der Waals surface area contributed by atoms with Crippen LogP contribution in [0.1, 0.15) is 64.0 Å². The fourth-order valence-corrected chi connectivity index (χ4v) is 6.88. The van der Waals surface area contributed by atoms with Crippen molar-refractivity contribution < 1.29 is 9.50 Å². The summed E-state index contributed by atoms with van der Waals surface area (Å²) < 4.78 is 16.8. The molecule has 5 rings (SSSR count). The maximum Gasteiger partial charge on any atom is 0.129 e. The monoisotopic (exact) mass is 368 g/mol. The van der Waals surface area contributed by atoms with Crippen LogP contribution < -0.4 is 0 Å². The van der Waals surface area contributed by atoms with E-state index in [1.54, 1.807) is 12.4 Å². The summed E-state index contributed by atoms with van der Waals surface area (Å²) in [6, 6.07) is 5.12. The van der Waals surface area contributed by atoms with Crippen LogP contribution in [-0.2, 0) is 0 Å². The highest BCUT2D eigenvalue weighted by Crippen LogP contribution is 2.56. The molecular formula is C23H29FN2O. The predicted octanol–water partition coefficient (Wildman–Crippen LogP) is 5.20. The van der Waals surface area contributed by atoms with Crippen LogP contribution >= 0.6 is 0 Å². The summed E-state index contributed by atoms with van der Waals surface area (Å²) in [6.45, 7) is 4.67. The molecule has 2 saturated carbocycles. The summed E-state index contributed by atoms with van der Waals surface area (Å²) in [4.78, 5) is 4.29. The van der Waals surface area contributed by atoms with Gasteiger partial charge in [0, 0.05) is 11.1 Å². The Morgan fingerprint density at radius 1 is 1.22 bits per heavy atom. The molecule has 0 spiro atoms. The van der Waals surface area contributed by atoms with Crippen LogP contribution in [0, 0.1) is 29.0 Å². The second-order valence-electron chi connectivity index (χ2n) is 9.68. The first-order valence-corrected chi connectivity index (χ1v) is 10.5. The van der Waals surface area contributed by atoms with Gasteiger partial charge in [0.05, 0.1) is 30.4 Å². The van der Waals surface area contributed by atoms with Crippen LogP contribution in [-0.4, -0.2) is 20.8 Å². The van der Waals surface area contributed by atoms with Crippen molar-refractivity contribution in [2.24, 2.45) is 23.2 Å². The molecule has 27 heavy (non-hydrogen) atoms. The maximum absolute atomic E-state index is 14.7. The van der Waals surface area contributed by atoms with Gasteiger partial charge in [0.25, 0.3) is 0 Å². The quantitative estimate of drug-likeness (QED) is 0.809. The lowest BCUT2D eigenvalue weighted by molar-refractivity contribution is -0.0835. The van der Waals surface area contributed by atoms with E-state index in [1.807, 2.05) is 12.3 Å². The average molecular weight is 368 g/mol. The molecule has 3 aliphatic rings. The number of nitrogens with zero attached hydrogens (tertiary/aromatic N) is 2. The van der Waals surface area contributed by atoms with E-state index in [2.05, 4.69) is 23.4 Å². The van der Waals surface area contributed by atoms with Gasteiger partial charge in [-0.2, -0.15) is 0 Å². The highest BCUT2D eigenvalue weighted by Gasteiger charge is 2.49. The third-order valence-corrected chi connectivity index (χ3v) is 7.49. The third kappa shape index (κ3) is 2.67. The molecule has 1 aliphatic heterocycles. The molecule has 144 valence electrons. The Morgan fingerprint density at radius 2 is 1.96 bits per heavy atom. The first-order valence-electron chi connectivity index (χ1n) is 10.5. The van der Waals surface area contributed by atoms with Crippen LogP contribution in [0.2, 0.25) is 0 Å². The molecule has 2 bridgehead atoms. The molecule has 1 aromatic heterocycles. The van der Waals surface area contributed by atoms with Gasteiger partial charge in [0.1, 0.15) is 5.82 Å². The zero-order chi connectivity index (χ0) is 18.8. The van der Waals surface area contributed by atoms with Crippen molar-refractivity contribution in [1.82, 2.24) is 9.55 Å². The van der Waals surface area contributed by atoms with Crippen molar-refractivity contribution in [2.75, 3.05) is 0 Å². The smallest absolute Gasteiger partial charge is 0.129 e. The minimum absolute atomic E-state index is 0.00520. The lowest BCUT2D eigenvalue weighted by atomic mass is 9.54. The van der Waals surface area contributed by atoms with Crippen molar-refractivity contribution in [2.45, 2.75) is 64.5 Å². The van der Waals surface area contributed by atoms with E-state index in [0.717, 1.165) is 42.0 Å². The van der Waals surface area contributed by atoms with E-state index >= 15 is 0 Å². The molecule has 3 nitrogen and oxygen atoms in total. The molecule has 2 aromatic rings. The van der Waals surface area contributed by atoms with Gasteiger partial charge in [-0.25, -0.2) is 9.37 Å². The number of aromatic nitrogens is 2. The minimum atomic E-state index is -0.406. The molecule has 4 atom stereocenters. The van der Waals surface area contributed by atoms with Crippen LogP contribution in [0.25, 0.3) is 11.3 Å². The zero-order valence-electron chi connectivity index (χ0n) is 16.2. The molecule has 0 saturated heterocycles. The number of aliphatic hydroxyl groups excluding tert-OH is 1. The maximum atomic E-state index is 14.7. The van der Waals surface area contributed by atoms with E-state index < -0.39 is 6.10 Å². The van der Waals surface area contributed by atoms with Gasteiger partial charge in [-0.1, -0.05) is 26.0 Å². The molecule has 2 aliphatic carbocycles. The van der Waals surface area contributed by atoms with Crippen LogP contribution in [0.5, 0.6) is 0 Å². The number of imidazole rings is 1. The Bertz CT molecular complexity index is 840. The highest BCUT2D eigenvalue weighted by molar-refractivity contribution is 5.69. The summed E-state index contributed by atoms with van der Waals surface area (Å²) in [5.74, 6) is 1.91. The molecule has 2 fully saturated rings. The van der Waals surface area contributed by atoms with Gasteiger partial charge in [-0.3, -0.25) is 0 Å². The van der Waals surface area contributed by atoms with Crippen molar-refractivity contribution in [3.05, 3.63) is 42.1 Å².